The van der Waals surface area contributed by atoms with Crippen LogP contribution in [0.15, 0.2) is 60.0 Å². The molecule has 3 heterocycles. The predicted octanol–water partition coefficient (Wildman–Crippen LogP) is 5.48. The van der Waals surface area contributed by atoms with Crippen LogP contribution in [0.25, 0.3) is 5.69 Å². The highest BCUT2D eigenvalue weighted by molar-refractivity contribution is 7.99. The number of nitrogens with zero attached hydrogens (tertiary/aromatic N) is 5. The van der Waals surface area contributed by atoms with Gasteiger partial charge in [-0.1, -0.05) is 42.7 Å². The summed E-state index contributed by atoms with van der Waals surface area (Å²) in [4.78, 5) is 30.5. The third-order valence-electron chi connectivity index (χ3n) is 7.88. The maximum absolute atomic E-state index is 12.3. The molecule has 0 radical (unpaired) electrons. The third kappa shape index (κ3) is 9.35. The summed E-state index contributed by atoms with van der Waals surface area (Å²) in [6, 6.07) is 9.55. The monoisotopic (exact) mass is 628 g/mol. The molecule has 1 aliphatic carbocycles. The van der Waals surface area contributed by atoms with Crippen molar-refractivity contribution in [3.63, 3.8) is 0 Å². The summed E-state index contributed by atoms with van der Waals surface area (Å²) in [6.45, 7) is 6.17. The number of likely N-dealkylation sites (tertiary alicyclic amines) is 1. The van der Waals surface area contributed by atoms with Crippen LogP contribution >= 0.6 is 11.8 Å². The Balaban J connectivity index is 1.10. The molecule has 11 heteroatoms. The minimum atomic E-state index is -0.583. The summed E-state index contributed by atoms with van der Waals surface area (Å²) < 4.78 is 13.3. The van der Waals surface area contributed by atoms with Crippen LogP contribution in [0.2, 0.25) is 0 Å². The van der Waals surface area contributed by atoms with Crippen molar-refractivity contribution in [3.8, 4) is 23.3 Å². The number of pyridine rings is 1. The number of nitrogens with one attached hydrogen (secondary N) is 1. The molecule has 2 aliphatic rings. The lowest BCUT2D eigenvalue weighted by Gasteiger charge is -2.30. The van der Waals surface area contributed by atoms with E-state index in [4.69, 9.17) is 9.47 Å². The van der Waals surface area contributed by atoms with E-state index in [9.17, 15) is 9.59 Å². The predicted molar refractivity (Wildman–Crippen MR) is 173 cm³/mol. The quantitative estimate of drug-likeness (QED) is 0.232. The van der Waals surface area contributed by atoms with Gasteiger partial charge in [0.25, 0.3) is 0 Å². The molecule has 1 unspecified atom stereocenters. The summed E-state index contributed by atoms with van der Waals surface area (Å²) in [5, 5.41) is 12.8. The Morgan fingerprint density at radius 2 is 2.02 bits per heavy atom. The van der Waals surface area contributed by atoms with Gasteiger partial charge in [0, 0.05) is 43.1 Å². The zero-order valence-electron chi connectivity index (χ0n) is 25.9. The van der Waals surface area contributed by atoms with Crippen molar-refractivity contribution in [3.05, 3.63) is 71.8 Å². The number of amides is 2. The molecule has 5 rings (SSSR count). The van der Waals surface area contributed by atoms with Gasteiger partial charge in [0.15, 0.2) is 17.6 Å². The zero-order chi connectivity index (χ0) is 31.4. The molecule has 236 valence electrons. The maximum Gasteiger partial charge on any atom is 0.408 e. The number of aryl methyl sites for hydroxylation is 1. The normalized spacial score (nSPS) is 16.5. The summed E-state index contributed by atoms with van der Waals surface area (Å²) in [5.74, 6) is 8.04. The van der Waals surface area contributed by atoms with Crippen molar-refractivity contribution in [2.24, 2.45) is 5.92 Å². The molecule has 2 amide bonds. The Hall–Kier alpha value is -4.30. The van der Waals surface area contributed by atoms with Crippen LogP contribution in [0, 0.1) is 24.7 Å². The smallest absolute Gasteiger partial charge is 0.408 e. The first kappa shape index (κ1) is 32.1. The van der Waals surface area contributed by atoms with E-state index >= 15 is 0 Å². The first-order valence-corrected chi connectivity index (χ1v) is 16.4. The Labute approximate surface area is 269 Å². The van der Waals surface area contributed by atoms with E-state index < -0.39 is 6.09 Å². The molecule has 1 atom stereocenters. The molecular formula is C34H40N6O4S. The lowest BCUT2D eigenvalue weighted by Crippen LogP contribution is -2.39. The van der Waals surface area contributed by atoms with Gasteiger partial charge in [0.05, 0.1) is 11.9 Å². The second-order valence-corrected chi connectivity index (χ2v) is 12.6. The van der Waals surface area contributed by atoms with E-state index in [1.54, 1.807) is 24.2 Å². The number of hydrogen-bond acceptors (Lipinski definition) is 8. The minimum absolute atomic E-state index is 0.0531. The van der Waals surface area contributed by atoms with Gasteiger partial charge in [-0.25, -0.2) is 4.79 Å². The van der Waals surface area contributed by atoms with E-state index in [1.165, 1.54) is 6.42 Å². The number of carbonyl (C=O) groups excluding carboxylic acids is 2. The lowest BCUT2D eigenvalue weighted by atomic mass is 9.99. The van der Waals surface area contributed by atoms with Crippen molar-refractivity contribution < 1.29 is 19.1 Å². The van der Waals surface area contributed by atoms with Gasteiger partial charge in [-0.2, -0.15) is 0 Å². The second kappa shape index (κ2) is 16.1. The minimum Gasteiger partial charge on any atom is -0.486 e. The zero-order valence-corrected chi connectivity index (χ0v) is 26.7. The number of piperidine rings is 1. The van der Waals surface area contributed by atoms with Crippen molar-refractivity contribution in [2.75, 3.05) is 26.2 Å². The van der Waals surface area contributed by atoms with Crippen molar-refractivity contribution in [1.29, 1.82) is 0 Å². The third-order valence-corrected chi connectivity index (χ3v) is 9.05. The number of rotatable bonds is 10. The van der Waals surface area contributed by atoms with Gasteiger partial charge < -0.3 is 19.7 Å². The Kier molecular flexibility index (Phi) is 11.5. The average molecular weight is 629 g/mol. The number of benzene rings is 1. The Morgan fingerprint density at radius 1 is 1.16 bits per heavy atom. The number of aromatic nitrogens is 4. The lowest BCUT2D eigenvalue weighted by molar-refractivity contribution is -0.132. The highest BCUT2D eigenvalue weighted by Gasteiger charge is 2.21. The second-order valence-electron chi connectivity index (χ2n) is 11.3. The van der Waals surface area contributed by atoms with Gasteiger partial charge in [-0.15, -0.1) is 10.2 Å². The van der Waals surface area contributed by atoms with Gasteiger partial charge in [-0.3, -0.25) is 14.3 Å². The van der Waals surface area contributed by atoms with Crippen molar-refractivity contribution >= 4 is 23.8 Å². The maximum atomic E-state index is 12.3. The summed E-state index contributed by atoms with van der Waals surface area (Å²) in [5.41, 5.74) is 2.64. The number of carbonyl (C=O) groups is 2. The van der Waals surface area contributed by atoms with Crippen LogP contribution in [-0.4, -0.2) is 68.1 Å². The van der Waals surface area contributed by atoms with Gasteiger partial charge in [-0.05, 0) is 80.8 Å². The van der Waals surface area contributed by atoms with Crippen LogP contribution in [-0.2, 0) is 16.1 Å². The largest absolute Gasteiger partial charge is 0.486 e. The van der Waals surface area contributed by atoms with Gasteiger partial charge in [0.2, 0.25) is 5.91 Å². The number of ether oxygens (including phenoxy) is 2. The highest BCUT2D eigenvalue weighted by atomic mass is 32.2. The number of alkyl carbamates (subject to hydrolysis) is 1. The fourth-order valence-electron chi connectivity index (χ4n) is 5.22. The SMILES string of the molecule is Cc1cc(OCc2nnc(SC3C=CCCC3)n2-c2cccnc2)ccc1C#CCOC(=O)NCCC(=O)N1CCC(C)CC1. The molecule has 1 saturated heterocycles. The van der Waals surface area contributed by atoms with E-state index in [0.29, 0.717) is 22.7 Å². The molecule has 0 bridgehead atoms. The van der Waals surface area contributed by atoms with Crippen LogP contribution in [0.4, 0.5) is 4.79 Å². The number of thioether (sulfide) groups is 1. The molecule has 0 spiro atoms. The molecule has 1 aliphatic heterocycles. The molecule has 2 aromatic heterocycles. The molecule has 45 heavy (non-hydrogen) atoms. The summed E-state index contributed by atoms with van der Waals surface area (Å²) >= 11 is 1.71. The standard InChI is InChI=1S/C34H40N6O4S/c1-25-15-19-39(20-16-25)32(41)14-18-36-34(42)43-21-7-8-27-12-13-29(22-26(27)2)44-24-31-37-38-33(45-30-10-4-3-5-11-30)40(31)28-9-6-17-35-23-28/h4,6,9-10,12-13,17,22-23,25,30H,3,5,11,14-16,18-21,24H2,1-2H3,(H,36,42). The van der Waals surface area contributed by atoms with Gasteiger partial charge in [0.1, 0.15) is 12.4 Å². The fraction of sp³-hybridized carbons (Fsp3) is 0.441. The van der Waals surface area contributed by atoms with E-state index in [1.807, 2.05) is 46.7 Å². The topological polar surface area (TPSA) is 111 Å². The summed E-state index contributed by atoms with van der Waals surface area (Å²) in [6.07, 6.45) is 13.2. The molecule has 10 nitrogen and oxygen atoms in total. The number of hydrogen-bond donors (Lipinski definition) is 1. The van der Waals surface area contributed by atoms with E-state index in [-0.39, 0.29) is 32.1 Å². The van der Waals surface area contributed by atoms with Crippen molar-refractivity contribution in [1.82, 2.24) is 30.0 Å². The van der Waals surface area contributed by atoms with Crippen molar-refractivity contribution in [2.45, 2.75) is 69.4 Å². The van der Waals surface area contributed by atoms with Crippen LogP contribution in [0.3, 0.4) is 0 Å². The molecule has 1 fully saturated rings. The Bertz CT molecular complexity index is 1540. The van der Waals surface area contributed by atoms with Crippen LogP contribution in [0.1, 0.15) is 62.4 Å². The average Bonchev–Trinajstić information content (AvgIpc) is 3.46. The molecule has 1 N–H and O–H groups in total. The van der Waals surface area contributed by atoms with E-state index in [2.05, 4.69) is 51.4 Å². The first-order valence-electron chi connectivity index (χ1n) is 15.5. The van der Waals surface area contributed by atoms with E-state index in [0.717, 1.165) is 60.7 Å². The molecular weight excluding hydrogens is 588 g/mol. The van der Waals surface area contributed by atoms with Crippen LogP contribution < -0.4 is 10.1 Å². The molecule has 3 aromatic rings. The first-order chi connectivity index (χ1) is 22.0. The molecule has 0 saturated carbocycles. The van der Waals surface area contributed by atoms with Gasteiger partial charge >= 0.3 is 6.09 Å². The number of allylic oxidation sites excluding steroid dienone is 1. The Morgan fingerprint density at radius 3 is 2.78 bits per heavy atom. The van der Waals surface area contributed by atoms with Crippen LogP contribution in [0.5, 0.6) is 5.75 Å². The molecule has 1 aromatic carbocycles. The highest BCUT2D eigenvalue weighted by Crippen LogP contribution is 2.31. The summed E-state index contributed by atoms with van der Waals surface area (Å²) in [7, 11) is 0. The fourth-order valence-corrected chi connectivity index (χ4v) is 6.37.